The highest BCUT2D eigenvalue weighted by Gasteiger charge is 2.32. The van der Waals surface area contributed by atoms with Crippen molar-refractivity contribution >= 4 is 56.9 Å². The third-order valence-corrected chi connectivity index (χ3v) is 9.77. The predicted octanol–water partition coefficient (Wildman–Crippen LogP) is 1.72. The summed E-state index contributed by atoms with van der Waals surface area (Å²) in [6.07, 6.45) is 1.60. The number of nitrogens with zero attached hydrogens (tertiary/aromatic N) is 3. The van der Waals surface area contributed by atoms with Crippen LogP contribution in [0.15, 0.2) is 50.7 Å². The molecule has 1 saturated heterocycles. The minimum atomic E-state index is -4.22. The molecule has 0 N–H and O–H groups in total. The summed E-state index contributed by atoms with van der Waals surface area (Å²) in [5.41, 5.74) is 0.265. The van der Waals surface area contributed by atoms with Gasteiger partial charge in [-0.2, -0.15) is 16.8 Å². The van der Waals surface area contributed by atoms with Crippen LogP contribution in [0.1, 0.15) is 5.56 Å². The van der Waals surface area contributed by atoms with Gasteiger partial charge in [-0.15, -0.1) is 4.73 Å². The maximum Gasteiger partial charge on any atom is 0.324 e. The fourth-order valence-electron chi connectivity index (χ4n) is 4.28. The average Bonchev–Trinajstić information content (AvgIpc) is 3.08. The number of ether oxygens (including phenoxy) is 1. The van der Waals surface area contributed by atoms with Crippen molar-refractivity contribution in [3.05, 3.63) is 46.4 Å². The van der Waals surface area contributed by atoms with Crippen LogP contribution in [0.4, 0.5) is 0 Å². The van der Waals surface area contributed by atoms with E-state index >= 15 is 0 Å². The monoisotopic (exact) mass is 665 g/mol. The number of rotatable bonds is 9. The zero-order valence-corrected chi connectivity index (χ0v) is 25.7. The largest absolute Gasteiger partial charge is 0.495 e. The van der Waals surface area contributed by atoms with E-state index in [2.05, 4.69) is 20.8 Å². The van der Waals surface area contributed by atoms with E-state index in [4.69, 9.17) is 13.2 Å². The van der Waals surface area contributed by atoms with E-state index in [0.29, 0.717) is 33.2 Å². The second-order valence-electron chi connectivity index (χ2n) is 9.18. The summed E-state index contributed by atoms with van der Waals surface area (Å²) in [6, 6.07) is 8.81. The lowest BCUT2D eigenvalue weighted by Gasteiger charge is -2.32. The van der Waals surface area contributed by atoms with E-state index in [-0.39, 0.29) is 27.6 Å². The van der Waals surface area contributed by atoms with Crippen molar-refractivity contribution in [3.63, 3.8) is 0 Å². The summed E-state index contributed by atoms with van der Waals surface area (Å²) in [4.78, 5) is 3.86. The summed E-state index contributed by atoms with van der Waals surface area (Å²) in [6.45, 7) is 3.01. The van der Waals surface area contributed by atoms with E-state index in [9.17, 15) is 25.3 Å². The van der Waals surface area contributed by atoms with E-state index in [1.807, 2.05) is 11.9 Å². The first kappa shape index (κ1) is 29.6. The Hall–Kier alpha value is -2.37. The van der Waals surface area contributed by atoms with Crippen LogP contribution < -0.4 is 13.2 Å². The van der Waals surface area contributed by atoms with E-state index in [0.717, 1.165) is 25.6 Å². The molecule has 1 fully saturated rings. The maximum absolute atomic E-state index is 13.7. The molecule has 0 aliphatic carbocycles. The van der Waals surface area contributed by atoms with Crippen molar-refractivity contribution in [2.24, 2.45) is 0 Å². The van der Waals surface area contributed by atoms with Gasteiger partial charge in [0.15, 0.2) is 0 Å². The van der Waals surface area contributed by atoms with Gasteiger partial charge in [-0.3, -0.25) is 9.18 Å². The maximum atomic E-state index is 13.7. The number of benzene rings is 2. The van der Waals surface area contributed by atoms with Gasteiger partial charge in [0.2, 0.25) is 9.84 Å². The lowest BCUT2D eigenvalue weighted by molar-refractivity contribution is 0.147. The van der Waals surface area contributed by atoms with Crippen molar-refractivity contribution in [1.82, 2.24) is 14.5 Å². The molecule has 0 spiro atoms. The Labute approximate surface area is 236 Å². The fourth-order valence-corrected chi connectivity index (χ4v) is 7.57. The molecule has 16 heteroatoms. The van der Waals surface area contributed by atoms with Crippen LogP contribution >= 0.6 is 15.9 Å². The summed E-state index contributed by atoms with van der Waals surface area (Å²) in [5, 5.41) is 0.305. The van der Waals surface area contributed by atoms with Gasteiger partial charge in [0, 0.05) is 48.1 Å². The SMILES string of the molecule is COc1cc2c(CN3CCN(C)CC3)c(OS(C)(=O)=O)n(OS(C)(=O)=O)c2cc1S(=O)(=O)c1ccccc1Br. The summed E-state index contributed by atoms with van der Waals surface area (Å²) < 4.78 is 93.4. The van der Waals surface area contributed by atoms with Crippen molar-refractivity contribution in [3.8, 4) is 11.6 Å². The molecule has 4 rings (SSSR count). The molecule has 1 aromatic heterocycles. The summed E-state index contributed by atoms with van der Waals surface area (Å²) in [5.74, 6) is -0.422. The van der Waals surface area contributed by atoms with Crippen LogP contribution in [0, 0.1) is 0 Å². The Balaban J connectivity index is 2.04. The topological polar surface area (TPSA) is 142 Å². The van der Waals surface area contributed by atoms with Gasteiger partial charge in [-0.25, -0.2) is 8.42 Å². The van der Waals surface area contributed by atoms with Gasteiger partial charge in [0.05, 0.1) is 30.0 Å². The van der Waals surface area contributed by atoms with Crippen molar-refractivity contribution in [2.75, 3.05) is 52.8 Å². The Morgan fingerprint density at radius 1 is 0.897 bits per heavy atom. The number of likely N-dealkylation sites (N-methyl/N-ethyl adjacent to an activating group) is 1. The molecule has 2 heterocycles. The first-order valence-corrected chi connectivity index (χ1v) is 17.5. The zero-order valence-electron chi connectivity index (χ0n) is 21.6. The molecule has 0 unspecified atom stereocenters. The molecular formula is C23H28BrN3O9S3. The quantitative estimate of drug-likeness (QED) is 0.308. The summed E-state index contributed by atoms with van der Waals surface area (Å²) in [7, 11) is -9.29. The van der Waals surface area contributed by atoms with Gasteiger partial charge in [0.1, 0.15) is 10.6 Å². The highest BCUT2D eigenvalue weighted by molar-refractivity contribution is 9.10. The van der Waals surface area contributed by atoms with E-state index < -0.39 is 36.0 Å². The molecule has 1 aliphatic heterocycles. The number of methoxy groups -OCH3 is 1. The van der Waals surface area contributed by atoms with Crippen LogP contribution in [0.3, 0.4) is 0 Å². The molecule has 1 aliphatic rings. The Kier molecular flexibility index (Phi) is 8.27. The van der Waals surface area contributed by atoms with Crippen LogP contribution in [-0.2, 0) is 36.6 Å². The van der Waals surface area contributed by atoms with Gasteiger partial charge in [-0.1, -0.05) is 12.1 Å². The number of halogens is 1. The fraction of sp³-hybridized carbons (Fsp3) is 0.391. The molecule has 214 valence electrons. The van der Waals surface area contributed by atoms with Gasteiger partial charge in [-0.05, 0) is 47.2 Å². The third kappa shape index (κ3) is 6.52. The number of sulfone groups is 1. The first-order valence-electron chi connectivity index (χ1n) is 11.6. The molecular weight excluding hydrogens is 638 g/mol. The minimum absolute atomic E-state index is 0.0275. The molecule has 12 nitrogen and oxygen atoms in total. The third-order valence-electron chi connectivity index (χ3n) is 6.10. The molecule has 3 aromatic rings. The molecule has 0 saturated carbocycles. The molecule has 0 atom stereocenters. The van der Waals surface area contributed by atoms with E-state index in [1.54, 1.807) is 18.2 Å². The van der Waals surface area contributed by atoms with Crippen LogP contribution in [0.25, 0.3) is 10.9 Å². The highest BCUT2D eigenvalue weighted by atomic mass is 79.9. The number of hydrogen-bond acceptors (Lipinski definition) is 11. The highest BCUT2D eigenvalue weighted by Crippen LogP contribution is 2.41. The predicted molar refractivity (Wildman–Crippen MR) is 148 cm³/mol. The smallest absolute Gasteiger partial charge is 0.324 e. The number of fused-ring (bicyclic) bond motifs is 1. The Bertz CT molecular complexity index is 1730. The normalized spacial score (nSPS) is 15.9. The van der Waals surface area contributed by atoms with Crippen LogP contribution in [-0.4, -0.2) is 92.6 Å². The second-order valence-corrected chi connectivity index (χ2v) is 15.1. The average molecular weight is 667 g/mol. The summed E-state index contributed by atoms with van der Waals surface area (Å²) >= 11 is 3.26. The molecule has 39 heavy (non-hydrogen) atoms. The van der Waals surface area contributed by atoms with Crippen molar-refractivity contribution in [2.45, 2.75) is 16.3 Å². The first-order chi connectivity index (χ1) is 18.1. The molecule has 2 aromatic carbocycles. The van der Waals surface area contributed by atoms with Crippen LogP contribution in [0.2, 0.25) is 0 Å². The number of aromatic nitrogens is 1. The van der Waals surface area contributed by atoms with E-state index in [1.165, 1.54) is 25.3 Å². The van der Waals surface area contributed by atoms with Crippen LogP contribution in [0.5, 0.6) is 11.6 Å². The zero-order chi connectivity index (χ0) is 28.8. The second kappa shape index (κ2) is 10.9. The molecule has 0 radical (unpaired) electrons. The Morgan fingerprint density at radius 2 is 1.54 bits per heavy atom. The van der Waals surface area contributed by atoms with Gasteiger partial charge in [0.25, 0.3) is 5.88 Å². The van der Waals surface area contributed by atoms with Crippen molar-refractivity contribution < 1.29 is 38.5 Å². The minimum Gasteiger partial charge on any atom is -0.495 e. The molecule has 0 amide bonds. The standard InChI is InChI=1S/C23H28BrN3O9S3/c1-25-9-11-26(12-10-25)15-17-16-13-20(34-2)22(39(32,33)21-8-6-5-7-18(21)24)14-19(16)27(36-38(4,30)31)23(17)35-37(3,28)29/h5-8,13-14H,9-12,15H2,1-4H3. The van der Waals surface area contributed by atoms with Gasteiger partial charge >= 0.3 is 20.2 Å². The lowest BCUT2D eigenvalue weighted by atomic mass is 10.1. The number of piperazine rings is 1. The number of hydrogen-bond donors (Lipinski definition) is 0. The Morgan fingerprint density at radius 3 is 2.10 bits per heavy atom. The molecule has 0 bridgehead atoms. The lowest BCUT2D eigenvalue weighted by Crippen LogP contribution is -2.43. The van der Waals surface area contributed by atoms with Gasteiger partial charge < -0.3 is 13.8 Å². The van der Waals surface area contributed by atoms with Crippen molar-refractivity contribution in [1.29, 1.82) is 0 Å².